The fourth-order valence-electron chi connectivity index (χ4n) is 3.32. The number of hydrogen-bond donors (Lipinski definition) is 0. The summed E-state index contributed by atoms with van der Waals surface area (Å²) in [7, 11) is -3.48. The smallest absolute Gasteiger partial charge is 0.243 e. The molecule has 0 saturated carbocycles. The van der Waals surface area contributed by atoms with Gasteiger partial charge in [-0.1, -0.05) is 30.3 Å². The third kappa shape index (κ3) is 5.31. The second kappa shape index (κ2) is 9.35. The van der Waals surface area contributed by atoms with E-state index in [-0.39, 0.29) is 5.92 Å². The predicted molar refractivity (Wildman–Crippen MR) is 105 cm³/mol. The van der Waals surface area contributed by atoms with Crippen LogP contribution in [0.25, 0.3) is 0 Å². The molecule has 0 radical (unpaired) electrons. The molecule has 2 aromatic rings. The van der Waals surface area contributed by atoms with Crippen molar-refractivity contribution < 1.29 is 17.9 Å². The van der Waals surface area contributed by atoms with Crippen LogP contribution in [0.3, 0.4) is 0 Å². The van der Waals surface area contributed by atoms with E-state index in [4.69, 9.17) is 9.47 Å². The van der Waals surface area contributed by atoms with Crippen molar-refractivity contribution in [2.24, 2.45) is 5.92 Å². The molecule has 1 fully saturated rings. The van der Waals surface area contributed by atoms with Crippen LogP contribution >= 0.6 is 0 Å². The number of nitrogens with zero attached hydrogens (tertiary/aromatic N) is 1. The van der Waals surface area contributed by atoms with E-state index < -0.39 is 10.0 Å². The van der Waals surface area contributed by atoms with Gasteiger partial charge in [-0.25, -0.2) is 8.42 Å². The van der Waals surface area contributed by atoms with Gasteiger partial charge < -0.3 is 9.47 Å². The minimum atomic E-state index is -3.48. The number of hydrogen-bond acceptors (Lipinski definition) is 4. The third-order valence-electron chi connectivity index (χ3n) is 4.72. The summed E-state index contributed by atoms with van der Waals surface area (Å²) in [4.78, 5) is 0.316. The Labute approximate surface area is 162 Å². The fourth-order valence-corrected chi connectivity index (χ4v) is 4.88. The van der Waals surface area contributed by atoms with Crippen molar-refractivity contribution in [3.8, 4) is 5.75 Å². The maximum Gasteiger partial charge on any atom is 0.243 e. The topological polar surface area (TPSA) is 55.8 Å². The molecule has 0 spiro atoms. The Morgan fingerprint density at radius 3 is 2.52 bits per heavy atom. The number of benzene rings is 2. The van der Waals surface area contributed by atoms with Crippen molar-refractivity contribution in [1.82, 2.24) is 4.31 Å². The number of ether oxygens (including phenoxy) is 2. The molecule has 1 atom stereocenters. The lowest BCUT2D eigenvalue weighted by Crippen LogP contribution is -2.41. The van der Waals surface area contributed by atoms with Crippen molar-refractivity contribution in [3.63, 3.8) is 0 Å². The summed E-state index contributed by atoms with van der Waals surface area (Å²) in [5.74, 6) is 0.905. The summed E-state index contributed by atoms with van der Waals surface area (Å²) in [6.45, 7) is 4.66. The van der Waals surface area contributed by atoms with Gasteiger partial charge in [0.1, 0.15) is 5.75 Å². The van der Waals surface area contributed by atoms with E-state index in [1.807, 2.05) is 37.3 Å². The van der Waals surface area contributed by atoms with Crippen molar-refractivity contribution >= 4 is 10.0 Å². The van der Waals surface area contributed by atoms with Gasteiger partial charge in [0, 0.05) is 13.1 Å². The first kappa shape index (κ1) is 19.9. The SMILES string of the molecule is CCOc1ccc(S(=O)(=O)N2CCCC(COCc3ccccc3)C2)cc1. The largest absolute Gasteiger partial charge is 0.494 e. The normalized spacial score (nSPS) is 18.3. The Morgan fingerprint density at radius 1 is 1.07 bits per heavy atom. The third-order valence-corrected chi connectivity index (χ3v) is 6.60. The minimum absolute atomic E-state index is 0.222. The first-order valence-corrected chi connectivity index (χ1v) is 10.9. The molecule has 1 aliphatic rings. The van der Waals surface area contributed by atoms with Crippen LogP contribution in [-0.2, 0) is 21.4 Å². The molecule has 1 aliphatic heterocycles. The quantitative estimate of drug-likeness (QED) is 0.691. The highest BCUT2D eigenvalue weighted by Crippen LogP contribution is 2.25. The summed E-state index contributed by atoms with van der Waals surface area (Å²) < 4.78 is 38.7. The Balaban J connectivity index is 1.57. The molecule has 1 unspecified atom stereocenters. The molecular formula is C21H27NO4S. The second-order valence-corrected chi connectivity index (χ2v) is 8.71. The standard InChI is InChI=1S/C21H27NO4S/c1-2-26-20-10-12-21(13-11-20)27(23,24)22-14-6-9-19(15-22)17-25-16-18-7-4-3-5-8-18/h3-5,7-8,10-13,19H,2,6,9,14-17H2,1H3. The van der Waals surface area contributed by atoms with E-state index >= 15 is 0 Å². The minimum Gasteiger partial charge on any atom is -0.494 e. The number of piperidine rings is 1. The van der Waals surface area contributed by atoms with Gasteiger partial charge in [-0.15, -0.1) is 0 Å². The second-order valence-electron chi connectivity index (χ2n) is 6.78. The molecule has 27 heavy (non-hydrogen) atoms. The van der Waals surface area contributed by atoms with Gasteiger partial charge in [-0.3, -0.25) is 0 Å². The molecule has 0 N–H and O–H groups in total. The number of rotatable bonds is 8. The summed E-state index contributed by atoms with van der Waals surface area (Å²) in [6, 6.07) is 16.7. The average Bonchev–Trinajstić information content (AvgIpc) is 2.70. The molecule has 0 amide bonds. The Kier molecular flexibility index (Phi) is 6.88. The number of sulfonamides is 1. The van der Waals surface area contributed by atoms with Crippen molar-refractivity contribution in [3.05, 3.63) is 60.2 Å². The van der Waals surface area contributed by atoms with Crippen LogP contribution in [0.4, 0.5) is 0 Å². The predicted octanol–water partition coefficient (Wildman–Crippen LogP) is 3.70. The van der Waals surface area contributed by atoms with E-state index in [0.717, 1.165) is 18.4 Å². The molecule has 0 aromatic heterocycles. The van der Waals surface area contributed by atoms with Gasteiger partial charge in [0.25, 0.3) is 0 Å². The molecule has 1 saturated heterocycles. The Hall–Kier alpha value is -1.89. The fraction of sp³-hybridized carbons (Fsp3) is 0.429. The molecule has 0 bridgehead atoms. The van der Waals surface area contributed by atoms with Gasteiger partial charge in [0.2, 0.25) is 10.0 Å². The van der Waals surface area contributed by atoms with Crippen LogP contribution in [0, 0.1) is 5.92 Å². The Bertz CT molecular complexity index is 806. The van der Waals surface area contributed by atoms with Crippen molar-refractivity contribution in [2.75, 3.05) is 26.3 Å². The van der Waals surface area contributed by atoms with Crippen molar-refractivity contribution in [2.45, 2.75) is 31.3 Å². The highest BCUT2D eigenvalue weighted by molar-refractivity contribution is 7.89. The zero-order valence-corrected chi connectivity index (χ0v) is 16.5. The molecular weight excluding hydrogens is 362 g/mol. The first-order chi connectivity index (χ1) is 13.1. The molecule has 3 rings (SSSR count). The summed E-state index contributed by atoms with van der Waals surface area (Å²) in [5.41, 5.74) is 1.13. The molecule has 1 heterocycles. The first-order valence-electron chi connectivity index (χ1n) is 9.44. The van der Waals surface area contributed by atoms with E-state index in [1.54, 1.807) is 28.6 Å². The van der Waals surface area contributed by atoms with E-state index in [9.17, 15) is 8.42 Å². The van der Waals surface area contributed by atoms with Gasteiger partial charge in [0.05, 0.1) is 24.7 Å². The lowest BCUT2D eigenvalue weighted by molar-refractivity contribution is 0.0672. The zero-order valence-electron chi connectivity index (χ0n) is 15.7. The van der Waals surface area contributed by atoms with Gasteiger partial charge in [-0.2, -0.15) is 4.31 Å². The van der Waals surface area contributed by atoms with Gasteiger partial charge in [-0.05, 0) is 55.5 Å². The maximum absolute atomic E-state index is 12.9. The van der Waals surface area contributed by atoms with Crippen LogP contribution in [0.5, 0.6) is 5.75 Å². The summed E-state index contributed by atoms with van der Waals surface area (Å²) >= 11 is 0. The van der Waals surface area contributed by atoms with E-state index in [2.05, 4.69) is 0 Å². The Morgan fingerprint density at radius 2 is 1.81 bits per heavy atom. The van der Waals surface area contributed by atoms with Crippen LogP contribution in [0.1, 0.15) is 25.3 Å². The molecule has 5 nitrogen and oxygen atoms in total. The zero-order chi connectivity index (χ0) is 19.1. The van der Waals surface area contributed by atoms with Crippen LogP contribution in [-0.4, -0.2) is 39.0 Å². The van der Waals surface area contributed by atoms with Crippen LogP contribution < -0.4 is 4.74 Å². The molecule has 6 heteroatoms. The molecule has 2 aromatic carbocycles. The van der Waals surface area contributed by atoms with Gasteiger partial charge in [0.15, 0.2) is 0 Å². The molecule has 146 valence electrons. The van der Waals surface area contributed by atoms with Crippen LogP contribution in [0.15, 0.2) is 59.5 Å². The van der Waals surface area contributed by atoms with Crippen LogP contribution in [0.2, 0.25) is 0 Å². The monoisotopic (exact) mass is 389 g/mol. The lowest BCUT2D eigenvalue weighted by atomic mass is 10.0. The highest BCUT2D eigenvalue weighted by atomic mass is 32.2. The van der Waals surface area contributed by atoms with Crippen molar-refractivity contribution in [1.29, 1.82) is 0 Å². The summed E-state index contributed by atoms with van der Waals surface area (Å²) in [6.07, 6.45) is 1.85. The lowest BCUT2D eigenvalue weighted by Gasteiger charge is -2.31. The van der Waals surface area contributed by atoms with Gasteiger partial charge >= 0.3 is 0 Å². The highest BCUT2D eigenvalue weighted by Gasteiger charge is 2.30. The molecule has 0 aliphatic carbocycles. The van der Waals surface area contributed by atoms with E-state index in [0.29, 0.717) is 43.6 Å². The van der Waals surface area contributed by atoms with E-state index in [1.165, 1.54) is 0 Å². The average molecular weight is 390 g/mol. The maximum atomic E-state index is 12.9. The summed E-state index contributed by atoms with van der Waals surface area (Å²) in [5, 5.41) is 0.